The lowest BCUT2D eigenvalue weighted by Gasteiger charge is -2.12. The number of ether oxygens (including phenoxy) is 1. The quantitative estimate of drug-likeness (QED) is 0.794. The molecule has 1 aliphatic rings. The van der Waals surface area contributed by atoms with Crippen molar-refractivity contribution in [3.63, 3.8) is 0 Å². The van der Waals surface area contributed by atoms with E-state index in [1.807, 2.05) is 0 Å². The molecule has 16 heavy (non-hydrogen) atoms. The molecule has 1 N–H and O–H groups in total. The molecule has 0 unspecified atom stereocenters. The summed E-state index contributed by atoms with van der Waals surface area (Å²) < 4.78 is 5.87. The minimum atomic E-state index is 0.813. The maximum absolute atomic E-state index is 5.87. The Morgan fingerprint density at radius 3 is 2.88 bits per heavy atom. The molecule has 0 bridgehead atoms. The number of rotatable bonds is 6. The van der Waals surface area contributed by atoms with Crippen LogP contribution < -0.4 is 10.1 Å². The van der Waals surface area contributed by atoms with E-state index in [4.69, 9.17) is 4.74 Å². The van der Waals surface area contributed by atoms with Crippen molar-refractivity contribution in [3.8, 4) is 5.75 Å². The van der Waals surface area contributed by atoms with Crippen molar-refractivity contribution < 1.29 is 4.74 Å². The standard InChI is InChI=1S/C14H21NO/c1-3-15-9-13-8-11(2)4-7-14(13)16-10-12-5-6-12/h4,7-8,12,15H,3,5-6,9-10H2,1-2H3. The molecule has 0 spiro atoms. The molecule has 0 aliphatic heterocycles. The third-order valence-electron chi connectivity index (χ3n) is 2.95. The Labute approximate surface area is 98.0 Å². The summed E-state index contributed by atoms with van der Waals surface area (Å²) in [5.74, 6) is 1.87. The van der Waals surface area contributed by atoms with Gasteiger partial charge < -0.3 is 10.1 Å². The van der Waals surface area contributed by atoms with Crippen LogP contribution in [-0.4, -0.2) is 13.2 Å². The van der Waals surface area contributed by atoms with Crippen LogP contribution in [0.3, 0.4) is 0 Å². The lowest BCUT2D eigenvalue weighted by molar-refractivity contribution is 0.296. The minimum Gasteiger partial charge on any atom is -0.493 e. The van der Waals surface area contributed by atoms with Gasteiger partial charge in [-0.05, 0) is 38.3 Å². The van der Waals surface area contributed by atoms with Gasteiger partial charge in [0.1, 0.15) is 5.75 Å². The molecular formula is C14H21NO. The summed E-state index contributed by atoms with van der Waals surface area (Å²) in [6.45, 7) is 7.04. The Balaban J connectivity index is 2.00. The average Bonchev–Trinajstić information content (AvgIpc) is 3.09. The Hall–Kier alpha value is -1.02. The first-order chi connectivity index (χ1) is 7.79. The van der Waals surface area contributed by atoms with Crippen LogP contribution in [0.5, 0.6) is 5.75 Å². The molecule has 0 aromatic heterocycles. The Kier molecular flexibility index (Phi) is 3.83. The third kappa shape index (κ3) is 3.24. The van der Waals surface area contributed by atoms with Crippen molar-refractivity contribution in [3.05, 3.63) is 29.3 Å². The second kappa shape index (κ2) is 5.35. The van der Waals surface area contributed by atoms with Crippen molar-refractivity contribution in [2.75, 3.05) is 13.2 Å². The molecule has 1 aromatic rings. The van der Waals surface area contributed by atoms with Gasteiger partial charge in [-0.3, -0.25) is 0 Å². The lowest BCUT2D eigenvalue weighted by atomic mass is 10.1. The Bertz CT molecular complexity index is 345. The smallest absolute Gasteiger partial charge is 0.123 e. The highest BCUT2D eigenvalue weighted by Gasteiger charge is 2.22. The van der Waals surface area contributed by atoms with E-state index in [0.29, 0.717) is 0 Å². The molecule has 2 nitrogen and oxygen atoms in total. The molecule has 0 amide bonds. The fraction of sp³-hybridized carbons (Fsp3) is 0.571. The zero-order chi connectivity index (χ0) is 11.4. The van der Waals surface area contributed by atoms with Crippen molar-refractivity contribution >= 4 is 0 Å². The number of hydrogen-bond donors (Lipinski definition) is 1. The molecule has 0 heterocycles. The summed E-state index contributed by atoms with van der Waals surface area (Å²) in [6, 6.07) is 6.44. The SMILES string of the molecule is CCNCc1cc(C)ccc1OCC1CC1. The summed E-state index contributed by atoms with van der Waals surface area (Å²) in [5.41, 5.74) is 2.58. The monoisotopic (exact) mass is 219 g/mol. The zero-order valence-corrected chi connectivity index (χ0v) is 10.3. The predicted molar refractivity (Wildman–Crippen MR) is 66.8 cm³/mol. The fourth-order valence-corrected chi connectivity index (χ4v) is 1.74. The van der Waals surface area contributed by atoms with Gasteiger partial charge in [0, 0.05) is 12.1 Å². The van der Waals surface area contributed by atoms with E-state index in [9.17, 15) is 0 Å². The van der Waals surface area contributed by atoms with E-state index < -0.39 is 0 Å². The molecule has 2 rings (SSSR count). The van der Waals surface area contributed by atoms with E-state index in [1.165, 1.54) is 24.0 Å². The van der Waals surface area contributed by atoms with Gasteiger partial charge in [-0.1, -0.05) is 24.6 Å². The molecule has 1 fully saturated rings. The van der Waals surface area contributed by atoms with Crippen LogP contribution in [-0.2, 0) is 6.54 Å². The predicted octanol–water partition coefficient (Wildman–Crippen LogP) is 2.89. The maximum Gasteiger partial charge on any atom is 0.123 e. The van der Waals surface area contributed by atoms with Crippen LogP contribution in [0.25, 0.3) is 0 Å². The highest BCUT2D eigenvalue weighted by atomic mass is 16.5. The van der Waals surface area contributed by atoms with Crippen LogP contribution in [0.2, 0.25) is 0 Å². The number of benzene rings is 1. The molecule has 0 atom stereocenters. The van der Waals surface area contributed by atoms with Crippen molar-refractivity contribution in [2.45, 2.75) is 33.2 Å². The molecule has 88 valence electrons. The van der Waals surface area contributed by atoms with Gasteiger partial charge in [0.2, 0.25) is 0 Å². The molecular weight excluding hydrogens is 198 g/mol. The molecule has 1 aromatic carbocycles. The molecule has 0 saturated heterocycles. The summed E-state index contributed by atoms with van der Waals surface area (Å²) in [7, 11) is 0. The van der Waals surface area contributed by atoms with Gasteiger partial charge in [-0.2, -0.15) is 0 Å². The van der Waals surface area contributed by atoms with Crippen LogP contribution in [0.1, 0.15) is 30.9 Å². The van der Waals surface area contributed by atoms with Crippen LogP contribution in [0.4, 0.5) is 0 Å². The highest BCUT2D eigenvalue weighted by molar-refractivity contribution is 5.36. The van der Waals surface area contributed by atoms with Gasteiger partial charge in [0.05, 0.1) is 6.61 Å². The molecule has 1 aliphatic carbocycles. The van der Waals surface area contributed by atoms with Crippen molar-refractivity contribution in [1.82, 2.24) is 5.32 Å². The summed E-state index contributed by atoms with van der Waals surface area (Å²) in [4.78, 5) is 0. The van der Waals surface area contributed by atoms with Gasteiger partial charge in [-0.25, -0.2) is 0 Å². The Morgan fingerprint density at radius 1 is 1.38 bits per heavy atom. The van der Waals surface area contributed by atoms with E-state index >= 15 is 0 Å². The number of aryl methyl sites for hydroxylation is 1. The fourth-order valence-electron chi connectivity index (χ4n) is 1.74. The van der Waals surface area contributed by atoms with Gasteiger partial charge in [0.25, 0.3) is 0 Å². The largest absolute Gasteiger partial charge is 0.493 e. The molecule has 0 radical (unpaired) electrons. The summed E-state index contributed by atoms with van der Waals surface area (Å²) >= 11 is 0. The van der Waals surface area contributed by atoms with Gasteiger partial charge >= 0.3 is 0 Å². The van der Waals surface area contributed by atoms with E-state index in [1.54, 1.807) is 0 Å². The average molecular weight is 219 g/mol. The van der Waals surface area contributed by atoms with Crippen molar-refractivity contribution in [2.24, 2.45) is 5.92 Å². The molecule has 2 heteroatoms. The van der Waals surface area contributed by atoms with Gasteiger partial charge in [-0.15, -0.1) is 0 Å². The highest BCUT2D eigenvalue weighted by Crippen LogP contribution is 2.30. The maximum atomic E-state index is 5.87. The zero-order valence-electron chi connectivity index (χ0n) is 10.3. The summed E-state index contributed by atoms with van der Waals surface area (Å²) in [6.07, 6.45) is 2.68. The topological polar surface area (TPSA) is 21.3 Å². The Morgan fingerprint density at radius 2 is 2.19 bits per heavy atom. The van der Waals surface area contributed by atoms with E-state index in [-0.39, 0.29) is 0 Å². The first-order valence-corrected chi connectivity index (χ1v) is 6.22. The van der Waals surface area contributed by atoms with Crippen LogP contribution in [0, 0.1) is 12.8 Å². The first kappa shape index (κ1) is 11.5. The summed E-state index contributed by atoms with van der Waals surface area (Å²) in [5, 5.41) is 3.36. The number of hydrogen-bond acceptors (Lipinski definition) is 2. The first-order valence-electron chi connectivity index (χ1n) is 6.22. The lowest BCUT2D eigenvalue weighted by Crippen LogP contribution is -2.13. The van der Waals surface area contributed by atoms with Crippen LogP contribution >= 0.6 is 0 Å². The van der Waals surface area contributed by atoms with E-state index in [2.05, 4.69) is 37.4 Å². The molecule has 1 saturated carbocycles. The normalized spacial score (nSPS) is 15.1. The number of nitrogens with one attached hydrogen (secondary N) is 1. The van der Waals surface area contributed by atoms with E-state index in [0.717, 1.165) is 31.4 Å². The second-order valence-electron chi connectivity index (χ2n) is 4.65. The minimum absolute atomic E-state index is 0.813. The van der Waals surface area contributed by atoms with Crippen molar-refractivity contribution in [1.29, 1.82) is 0 Å². The third-order valence-corrected chi connectivity index (χ3v) is 2.95. The van der Waals surface area contributed by atoms with Crippen LogP contribution in [0.15, 0.2) is 18.2 Å². The van der Waals surface area contributed by atoms with Gasteiger partial charge in [0.15, 0.2) is 0 Å². The second-order valence-corrected chi connectivity index (χ2v) is 4.65.